The van der Waals surface area contributed by atoms with Crippen molar-refractivity contribution in [2.45, 2.75) is 37.2 Å². The van der Waals surface area contributed by atoms with Crippen LogP contribution in [0.1, 0.15) is 35.2 Å². The molecule has 2 aliphatic heterocycles. The molecule has 1 fully saturated rings. The molecule has 0 atom stereocenters. The fourth-order valence-corrected chi connectivity index (χ4v) is 10.7. The highest BCUT2D eigenvalue weighted by molar-refractivity contribution is 8.03. The molecular weight excluding hydrogens is 992 g/mol. The van der Waals surface area contributed by atoms with Gasteiger partial charge < -0.3 is 34.4 Å². The lowest BCUT2D eigenvalue weighted by Crippen LogP contribution is -2.49. The van der Waals surface area contributed by atoms with E-state index in [0.29, 0.717) is 80.5 Å². The van der Waals surface area contributed by atoms with Gasteiger partial charge in [0.1, 0.15) is 12.8 Å². The number of halogens is 2. The van der Waals surface area contributed by atoms with Crippen LogP contribution >= 0.6 is 35.0 Å². The SMILES string of the molecule is C[n+]1ccc(/C=C(/C=C2\Sc3ccccc3N2CCc2cn(CCCC(=O)NCC[N+](C)(C)CCNC(=O)COc3ccc(N(CCCl)CCCl)cc3)nn2)c2ccc(CN3CCOCC3)cc2)c2ccccc21. The molecular formula is C57H70Cl2N10O4S+2. The molecule has 0 radical (unpaired) electrons. The van der Waals surface area contributed by atoms with Gasteiger partial charge in [-0.2, -0.15) is 0 Å². The zero-order valence-corrected chi connectivity index (χ0v) is 45.3. The predicted octanol–water partition coefficient (Wildman–Crippen LogP) is 7.78. The summed E-state index contributed by atoms with van der Waals surface area (Å²) in [5, 5.41) is 17.4. The average molecular weight is 1060 g/mol. The van der Waals surface area contributed by atoms with E-state index in [4.69, 9.17) is 32.7 Å². The van der Waals surface area contributed by atoms with Gasteiger partial charge in [-0.05, 0) is 83.3 Å². The minimum atomic E-state index is -0.186. The summed E-state index contributed by atoms with van der Waals surface area (Å²) in [6, 6.07) is 36.0. The standard InChI is InChI=1S/C57H68Cl2N10O4S/c1-64-29-22-46(51-9-4-5-10-52(51)64)39-47(45-16-14-44(15-17-45)41-65-33-37-72-38-34-65)40-57-68(53-11-6-7-12-54(53)74-57)30-23-48-42-67(63-62-48)28-8-13-55(70)60-26-35-69(2,3)36-27-61-56(71)43-73-50-20-18-49(19-21-50)66(31-24-58)32-25-59/h4-7,9-12,14-22,29,39-40,42H,8,13,23-28,30-38,41,43H2,1-3H3/p+2. The maximum Gasteiger partial charge on any atom is 0.258 e. The van der Waals surface area contributed by atoms with Crippen molar-refractivity contribution >= 4 is 80.7 Å². The van der Waals surface area contributed by atoms with Gasteiger partial charge in [0.2, 0.25) is 11.4 Å². The lowest BCUT2D eigenvalue weighted by atomic mass is 9.99. The van der Waals surface area contributed by atoms with Gasteiger partial charge in [0.05, 0.1) is 75.3 Å². The number of carbonyl (C=O) groups excluding carboxylic acids is 2. The number of likely N-dealkylation sites (N-methyl/N-ethyl adjacent to an activating group) is 1. The van der Waals surface area contributed by atoms with Crippen LogP contribution in [-0.2, 0) is 40.9 Å². The Morgan fingerprint density at radius 3 is 2.35 bits per heavy atom. The smallest absolute Gasteiger partial charge is 0.258 e. The number of rotatable bonds is 26. The Balaban J connectivity index is 0.810. The Bertz CT molecular complexity index is 2850. The summed E-state index contributed by atoms with van der Waals surface area (Å²) in [6.07, 6.45) is 10.5. The number of pyridine rings is 1. The van der Waals surface area contributed by atoms with Crippen molar-refractivity contribution in [3.8, 4) is 5.75 Å². The summed E-state index contributed by atoms with van der Waals surface area (Å²) in [5.74, 6) is 1.45. The Morgan fingerprint density at radius 2 is 1.59 bits per heavy atom. The van der Waals surface area contributed by atoms with Crippen molar-refractivity contribution in [2.75, 3.05) is 114 Å². The minimum Gasteiger partial charge on any atom is -0.484 e. The van der Waals surface area contributed by atoms with Crippen LogP contribution in [0.15, 0.2) is 132 Å². The maximum absolute atomic E-state index is 12.9. The van der Waals surface area contributed by atoms with Gasteiger partial charge in [-0.3, -0.25) is 19.2 Å². The van der Waals surface area contributed by atoms with E-state index in [-0.39, 0.29) is 18.4 Å². The number of allylic oxidation sites excluding steroid dienone is 2. The van der Waals surface area contributed by atoms with Gasteiger partial charge in [0.15, 0.2) is 12.8 Å². The second-order valence-electron chi connectivity index (χ2n) is 19.3. The van der Waals surface area contributed by atoms with Gasteiger partial charge in [-0.1, -0.05) is 65.5 Å². The second-order valence-corrected chi connectivity index (χ2v) is 21.2. The number of ether oxygens (including phenoxy) is 2. The highest BCUT2D eigenvalue weighted by Gasteiger charge is 2.26. The van der Waals surface area contributed by atoms with Crippen molar-refractivity contribution in [3.63, 3.8) is 0 Å². The molecule has 390 valence electrons. The van der Waals surface area contributed by atoms with E-state index >= 15 is 0 Å². The molecule has 6 aromatic rings. The third-order valence-electron chi connectivity index (χ3n) is 13.4. The number of alkyl halides is 2. The quantitative estimate of drug-likeness (QED) is 0.0317. The summed E-state index contributed by atoms with van der Waals surface area (Å²) in [5.41, 5.74) is 9.02. The molecule has 17 heteroatoms. The Hall–Kier alpha value is -5.94. The summed E-state index contributed by atoms with van der Waals surface area (Å²) in [4.78, 5) is 33.6. The molecule has 2 N–H and O–H groups in total. The summed E-state index contributed by atoms with van der Waals surface area (Å²) in [7, 11) is 6.27. The number of para-hydroxylation sites is 2. The zero-order chi connectivity index (χ0) is 51.7. The molecule has 4 heterocycles. The topological polar surface area (TPSA) is 121 Å². The largest absolute Gasteiger partial charge is 0.484 e. The highest BCUT2D eigenvalue weighted by atomic mass is 35.5. The fourth-order valence-electron chi connectivity index (χ4n) is 9.15. The number of anilines is 2. The van der Waals surface area contributed by atoms with Crippen LogP contribution in [0.2, 0.25) is 0 Å². The van der Waals surface area contributed by atoms with Crippen LogP contribution in [0, 0.1) is 0 Å². The first-order valence-corrected chi connectivity index (χ1v) is 27.5. The molecule has 2 aliphatic rings. The van der Waals surface area contributed by atoms with Gasteiger partial charge in [0.25, 0.3) is 5.91 Å². The summed E-state index contributed by atoms with van der Waals surface area (Å²) < 4.78 is 16.0. The van der Waals surface area contributed by atoms with Crippen LogP contribution in [0.4, 0.5) is 11.4 Å². The molecule has 0 bridgehead atoms. The van der Waals surface area contributed by atoms with E-state index in [1.54, 1.807) is 11.8 Å². The predicted molar refractivity (Wildman–Crippen MR) is 300 cm³/mol. The van der Waals surface area contributed by atoms with E-state index in [9.17, 15) is 9.59 Å². The van der Waals surface area contributed by atoms with Crippen LogP contribution in [0.25, 0.3) is 22.6 Å². The van der Waals surface area contributed by atoms with Gasteiger partial charge in [-0.15, -0.1) is 28.3 Å². The number of benzene rings is 4. The first-order valence-electron chi connectivity index (χ1n) is 25.6. The first kappa shape index (κ1) is 54.3. The third-order valence-corrected chi connectivity index (χ3v) is 14.9. The molecule has 0 spiro atoms. The summed E-state index contributed by atoms with van der Waals surface area (Å²) >= 11 is 13.7. The van der Waals surface area contributed by atoms with Crippen LogP contribution in [0.3, 0.4) is 0 Å². The number of quaternary nitrogens is 1. The van der Waals surface area contributed by atoms with Crippen LogP contribution < -0.4 is 29.7 Å². The fraction of sp³-hybridized carbons (Fsp3) is 0.386. The van der Waals surface area contributed by atoms with Crippen LogP contribution in [0.5, 0.6) is 5.75 Å². The molecule has 74 heavy (non-hydrogen) atoms. The summed E-state index contributed by atoms with van der Waals surface area (Å²) in [6.45, 7) is 9.49. The normalized spacial score (nSPS) is 14.6. The zero-order valence-electron chi connectivity index (χ0n) is 42.9. The molecule has 2 aromatic heterocycles. The molecule has 0 unspecified atom stereocenters. The highest BCUT2D eigenvalue weighted by Crippen LogP contribution is 2.47. The van der Waals surface area contributed by atoms with Gasteiger partial charge in [-0.25, -0.2) is 4.57 Å². The van der Waals surface area contributed by atoms with Crippen molar-refractivity contribution in [1.29, 1.82) is 0 Å². The van der Waals surface area contributed by atoms with E-state index in [0.717, 1.165) is 73.5 Å². The number of hydrogen-bond acceptors (Lipinski definition) is 10. The number of hydrogen-bond donors (Lipinski definition) is 2. The molecule has 1 saturated heterocycles. The number of aromatic nitrogens is 4. The number of aryl methyl sites for hydroxylation is 2. The van der Waals surface area contributed by atoms with E-state index in [1.165, 1.54) is 32.6 Å². The molecule has 0 saturated carbocycles. The van der Waals surface area contributed by atoms with Crippen molar-refractivity contribution in [1.82, 2.24) is 30.5 Å². The molecule has 4 aromatic carbocycles. The van der Waals surface area contributed by atoms with E-state index in [1.807, 2.05) is 35.1 Å². The average Bonchev–Trinajstić information content (AvgIpc) is 4.02. The number of nitrogens with zero attached hydrogens (tertiary/aromatic N) is 8. The number of amides is 2. The lowest BCUT2D eigenvalue weighted by molar-refractivity contribution is -0.887. The van der Waals surface area contributed by atoms with Crippen LogP contribution in [-0.4, -0.2) is 141 Å². The lowest BCUT2D eigenvalue weighted by Gasteiger charge is -2.30. The number of nitrogens with one attached hydrogen (secondary N) is 2. The molecule has 2 amide bonds. The van der Waals surface area contributed by atoms with Crippen molar-refractivity contribution < 1.29 is 28.1 Å². The number of morpholine rings is 1. The third kappa shape index (κ3) is 15.6. The number of carbonyl (C=O) groups is 2. The molecule has 8 rings (SSSR count). The first-order chi connectivity index (χ1) is 36.0. The molecule has 0 aliphatic carbocycles. The Morgan fingerprint density at radius 1 is 0.878 bits per heavy atom. The van der Waals surface area contributed by atoms with Crippen molar-refractivity contribution in [3.05, 3.63) is 149 Å². The Labute approximate surface area is 450 Å². The molecule has 14 nitrogen and oxygen atoms in total. The number of fused-ring (bicyclic) bond motifs is 2. The van der Waals surface area contributed by atoms with Gasteiger partial charge >= 0.3 is 0 Å². The van der Waals surface area contributed by atoms with Gasteiger partial charge in [0, 0.05) is 99.3 Å². The maximum atomic E-state index is 12.9. The number of thioether (sulfide) groups is 1. The van der Waals surface area contributed by atoms with Crippen molar-refractivity contribution in [2.24, 2.45) is 7.05 Å². The van der Waals surface area contributed by atoms with E-state index in [2.05, 4.69) is 159 Å². The minimum absolute atomic E-state index is 0.00551. The second kappa shape index (κ2) is 27.0. The monoisotopic (exact) mass is 1060 g/mol. The Kier molecular flexibility index (Phi) is 19.8. The van der Waals surface area contributed by atoms with E-state index < -0.39 is 0 Å².